The monoisotopic (exact) mass is 189 g/mol. The van der Waals surface area contributed by atoms with Crippen molar-refractivity contribution in [3.8, 4) is 0 Å². The van der Waals surface area contributed by atoms with Crippen molar-refractivity contribution in [2.45, 2.75) is 24.5 Å². The lowest BCUT2D eigenvalue weighted by Crippen LogP contribution is -2.35. The van der Waals surface area contributed by atoms with Gasteiger partial charge < -0.3 is 0 Å². The van der Waals surface area contributed by atoms with Crippen molar-refractivity contribution in [3.63, 3.8) is 0 Å². The minimum atomic E-state index is 0.0993. The molecular formula is C8H15NO2S. The highest BCUT2D eigenvalue weighted by Crippen LogP contribution is 2.26. The molecule has 0 N–H and O–H groups in total. The number of rotatable bonds is 2. The Labute approximate surface area is 77.4 Å². The van der Waals surface area contributed by atoms with E-state index in [0.29, 0.717) is 0 Å². The first-order chi connectivity index (χ1) is 5.75. The van der Waals surface area contributed by atoms with Crippen LogP contribution in [-0.4, -0.2) is 36.1 Å². The van der Waals surface area contributed by atoms with Gasteiger partial charge in [-0.2, -0.15) is 0 Å². The van der Waals surface area contributed by atoms with Crippen molar-refractivity contribution in [3.05, 3.63) is 0 Å². The van der Waals surface area contributed by atoms with Gasteiger partial charge in [-0.25, -0.2) is 5.06 Å². The molecule has 0 bridgehead atoms. The quantitative estimate of drug-likeness (QED) is 0.613. The fourth-order valence-electron chi connectivity index (χ4n) is 1.23. The molecule has 1 rings (SSSR count). The minimum absolute atomic E-state index is 0.0993. The zero-order valence-electron chi connectivity index (χ0n) is 7.58. The third kappa shape index (κ3) is 2.38. The molecule has 0 spiro atoms. The third-order valence-electron chi connectivity index (χ3n) is 2.04. The molecule has 0 aromatic rings. The van der Waals surface area contributed by atoms with E-state index < -0.39 is 0 Å². The second-order valence-electron chi connectivity index (χ2n) is 2.87. The molecule has 1 saturated heterocycles. The van der Waals surface area contributed by atoms with Crippen LogP contribution in [-0.2, 0) is 9.63 Å². The molecule has 4 heteroatoms. The van der Waals surface area contributed by atoms with Crippen molar-refractivity contribution in [1.29, 1.82) is 0 Å². The van der Waals surface area contributed by atoms with E-state index >= 15 is 0 Å². The van der Waals surface area contributed by atoms with Gasteiger partial charge in [0.2, 0.25) is 0 Å². The van der Waals surface area contributed by atoms with E-state index in [2.05, 4.69) is 0 Å². The lowest BCUT2D eigenvalue weighted by molar-refractivity contribution is -0.168. The van der Waals surface area contributed by atoms with Crippen molar-refractivity contribution in [2.24, 2.45) is 0 Å². The van der Waals surface area contributed by atoms with E-state index in [-0.39, 0.29) is 11.2 Å². The van der Waals surface area contributed by atoms with Crippen LogP contribution in [0, 0.1) is 0 Å². The van der Waals surface area contributed by atoms with Crippen LogP contribution in [0.4, 0.5) is 0 Å². The summed E-state index contributed by atoms with van der Waals surface area (Å²) in [6.45, 7) is 0. The smallest absolute Gasteiger partial charge is 0.258 e. The van der Waals surface area contributed by atoms with Gasteiger partial charge in [-0.1, -0.05) is 6.42 Å². The van der Waals surface area contributed by atoms with Crippen LogP contribution in [0.1, 0.15) is 19.3 Å². The second-order valence-corrected chi connectivity index (χ2v) is 4.18. The lowest BCUT2D eigenvalue weighted by atomic mass is 10.2. The van der Waals surface area contributed by atoms with Gasteiger partial charge >= 0.3 is 0 Å². The Bertz CT molecular complexity index is 157. The first-order valence-corrected chi connectivity index (χ1v) is 5.24. The Hall–Kier alpha value is -0.220. The standard InChI is InChI=1S/C8H15NO2S/c1-9(11-2)8(10)7-5-3-4-6-12-7/h7H,3-6H2,1-2H3. The lowest BCUT2D eigenvalue weighted by Gasteiger charge is -2.24. The molecule has 0 aromatic carbocycles. The second kappa shape index (κ2) is 4.72. The van der Waals surface area contributed by atoms with Gasteiger partial charge in [0.25, 0.3) is 5.91 Å². The average molecular weight is 189 g/mol. The number of nitrogens with zero attached hydrogens (tertiary/aromatic N) is 1. The van der Waals surface area contributed by atoms with Crippen LogP contribution in [0.2, 0.25) is 0 Å². The molecule has 1 atom stereocenters. The van der Waals surface area contributed by atoms with E-state index in [4.69, 9.17) is 4.84 Å². The van der Waals surface area contributed by atoms with Crippen LogP contribution in [0.15, 0.2) is 0 Å². The molecule has 1 unspecified atom stereocenters. The summed E-state index contributed by atoms with van der Waals surface area (Å²) in [5.41, 5.74) is 0. The van der Waals surface area contributed by atoms with Crippen LogP contribution < -0.4 is 0 Å². The molecule has 1 heterocycles. The van der Waals surface area contributed by atoms with E-state index in [9.17, 15) is 4.79 Å². The first kappa shape index (κ1) is 9.86. The predicted molar refractivity (Wildman–Crippen MR) is 49.9 cm³/mol. The van der Waals surface area contributed by atoms with Crippen LogP contribution in [0.5, 0.6) is 0 Å². The fraction of sp³-hybridized carbons (Fsp3) is 0.875. The number of thioether (sulfide) groups is 1. The molecule has 0 saturated carbocycles. The van der Waals surface area contributed by atoms with Gasteiger partial charge in [0.15, 0.2) is 0 Å². The molecule has 1 fully saturated rings. The Morgan fingerprint density at radius 1 is 1.58 bits per heavy atom. The summed E-state index contributed by atoms with van der Waals surface area (Å²) in [5, 5.41) is 1.45. The van der Waals surface area contributed by atoms with Crippen molar-refractivity contribution < 1.29 is 9.63 Å². The zero-order chi connectivity index (χ0) is 8.97. The maximum atomic E-state index is 11.5. The van der Waals surface area contributed by atoms with Crippen molar-refractivity contribution in [2.75, 3.05) is 19.9 Å². The van der Waals surface area contributed by atoms with Crippen LogP contribution in [0.3, 0.4) is 0 Å². The zero-order valence-corrected chi connectivity index (χ0v) is 8.39. The summed E-state index contributed by atoms with van der Waals surface area (Å²) in [6, 6.07) is 0. The summed E-state index contributed by atoms with van der Waals surface area (Å²) < 4.78 is 0. The molecule has 12 heavy (non-hydrogen) atoms. The number of amides is 1. The molecule has 1 amide bonds. The highest BCUT2D eigenvalue weighted by Gasteiger charge is 2.24. The van der Waals surface area contributed by atoms with E-state index in [1.807, 2.05) is 0 Å². The van der Waals surface area contributed by atoms with Gasteiger partial charge in [0.05, 0.1) is 12.4 Å². The van der Waals surface area contributed by atoms with Gasteiger partial charge in [-0.05, 0) is 18.6 Å². The first-order valence-electron chi connectivity index (χ1n) is 4.19. The Morgan fingerprint density at radius 2 is 2.33 bits per heavy atom. The number of carbonyl (C=O) groups is 1. The van der Waals surface area contributed by atoms with Gasteiger partial charge in [0, 0.05) is 7.05 Å². The highest BCUT2D eigenvalue weighted by molar-refractivity contribution is 8.00. The normalized spacial score (nSPS) is 23.7. The van der Waals surface area contributed by atoms with Gasteiger partial charge in [-0.3, -0.25) is 9.63 Å². The van der Waals surface area contributed by atoms with E-state index in [1.54, 1.807) is 18.8 Å². The third-order valence-corrected chi connectivity index (χ3v) is 3.40. The van der Waals surface area contributed by atoms with Crippen LogP contribution in [0.25, 0.3) is 0 Å². The molecule has 1 aliphatic heterocycles. The summed E-state index contributed by atoms with van der Waals surface area (Å²) in [7, 11) is 3.18. The maximum Gasteiger partial charge on any atom is 0.258 e. The molecule has 0 aliphatic carbocycles. The predicted octanol–water partition coefficient (Wildman–Crippen LogP) is 1.29. The summed E-state index contributed by atoms with van der Waals surface area (Å²) in [5.74, 6) is 1.20. The molecule has 70 valence electrons. The Balaban J connectivity index is 2.39. The average Bonchev–Trinajstić information content (AvgIpc) is 2.17. The fourth-order valence-corrected chi connectivity index (χ4v) is 2.51. The minimum Gasteiger partial charge on any atom is -0.275 e. The SMILES string of the molecule is CON(C)C(=O)C1CCCCS1. The number of hydrogen-bond donors (Lipinski definition) is 0. The maximum absolute atomic E-state index is 11.5. The summed E-state index contributed by atoms with van der Waals surface area (Å²) in [4.78, 5) is 16.3. The van der Waals surface area contributed by atoms with Gasteiger partial charge in [0.1, 0.15) is 0 Å². The van der Waals surface area contributed by atoms with Crippen LogP contribution >= 0.6 is 11.8 Å². The number of carbonyl (C=O) groups excluding carboxylic acids is 1. The topological polar surface area (TPSA) is 29.5 Å². The largest absolute Gasteiger partial charge is 0.275 e. The molecule has 0 radical (unpaired) electrons. The number of hydrogen-bond acceptors (Lipinski definition) is 3. The highest BCUT2D eigenvalue weighted by atomic mass is 32.2. The number of hydroxylamine groups is 2. The Kier molecular flexibility index (Phi) is 3.88. The Morgan fingerprint density at radius 3 is 2.83 bits per heavy atom. The van der Waals surface area contributed by atoms with E-state index in [0.717, 1.165) is 12.2 Å². The van der Waals surface area contributed by atoms with Crippen molar-refractivity contribution >= 4 is 17.7 Å². The summed E-state index contributed by atoms with van der Waals surface area (Å²) >= 11 is 1.74. The summed E-state index contributed by atoms with van der Waals surface area (Å²) in [6.07, 6.45) is 3.41. The molecular weight excluding hydrogens is 174 g/mol. The molecule has 0 aromatic heterocycles. The van der Waals surface area contributed by atoms with Crippen molar-refractivity contribution in [1.82, 2.24) is 5.06 Å². The van der Waals surface area contributed by atoms with E-state index in [1.165, 1.54) is 25.0 Å². The molecule has 3 nitrogen and oxygen atoms in total. The van der Waals surface area contributed by atoms with Gasteiger partial charge in [-0.15, -0.1) is 11.8 Å². The molecule has 1 aliphatic rings.